The van der Waals surface area contributed by atoms with E-state index in [0.717, 1.165) is 48.6 Å². The maximum atomic E-state index is 14.8. The highest BCUT2D eigenvalue weighted by Gasteiger charge is 2.34. The van der Waals surface area contributed by atoms with Crippen molar-refractivity contribution in [1.29, 1.82) is 0 Å². The minimum atomic E-state index is -0.699. The van der Waals surface area contributed by atoms with Gasteiger partial charge in [0.15, 0.2) is 17.2 Å². The highest BCUT2D eigenvalue weighted by atomic mass is 19.1. The van der Waals surface area contributed by atoms with Crippen LogP contribution in [0.5, 0.6) is 0 Å². The van der Waals surface area contributed by atoms with Gasteiger partial charge in [-0.2, -0.15) is 14.1 Å². The highest BCUT2D eigenvalue weighted by molar-refractivity contribution is 6.03. The molecule has 0 aromatic carbocycles. The number of pyridine rings is 1. The fraction of sp³-hybridized carbons (Fsp3) is 0.348. The number of nitrogens with zero attached hydrogens (tertiary/aromatic N) is 5. The van der Waals surface area contributed by atoms with E-state index in [0.29, 0.717) is 12.2 Å². The molecule has 5 rings (SSSR count). The lowest BCUT2D eigenvalue weighted by Gasteiger charge is -2.26. The van der Waals surface area contributed by atoms with E-state index in [-0.39, 0.29) is 35.2 Å². The number of carbonyl (C=O) groups excluding carboxylic acids is 1. The van der Waals surface area contributed by atoms with Gasteiger partial charge in [0, 0.05) is 18.9 Å². The average molecular weight is 484 g/mol. The van der Waals surface area contributed by atoms with Crippen LogP contribution in [0, 0.1) is 11.8 Å². The minimum absolute atomic E-state index is 0.0156. The number of aromatic nitrogens is 6. The summed E-state index contributed by atoms with van der Waals surface area (Å²) >= 11 is 0. The molecule has 1 aliphatic carbocycles. The molecule has 4 aromatic rings. The van der Waals surface area contributed by atoms with Gasteiger partial charge in [-0.05, 0) is 38.7 Å². The monoisotopic (exact) mass is 484 g/mol. The van der Waals surface area contributed by atoms with E-state index in [9.17, 15) is 13.6 Å². The number of aromatic amines is 1. The quantitative estimate of drug-likeness (QED) is 0.306. The molecular formula is C23H24F2N7O3+. The van der Waals surface area contributed by atoms with Crippen LogP contribution < -0.4 is 9.88 Å². The molecule has 10 nitrogen and oxygen atoms in total. The summed E-state index contributed by atoms with van der Waals surface area (Å²) in [4.78, 5) is 17.1. The van der Waals surface area contributed by atoms with Crippen LogP contribution in [0.1, 0.15) is 49.1 Å². The zero-order chi connectivity index (χ0) is 24.4. The first-order chi connectivity index (χ1) is 17.0. The van der Waals surface area contributed by atoms with Gasteiger partial charge in [0.25, 0.3) is 11.9 Å². The van der Waals surface area contributed by atoms with Crippen LogP contribution in [0.3, 0.4) is 0 Å². The van der Waals surface area contributed by atoms with Gasteiger partial charge in [0.05, 0.1) is 17.9 Å². The summed E-state index contributed by atoms with van der Waals surface area (Å²) in [6, 6.07) is 1.99. The van der Waals surface area contributed by atoms with Gasteiger partial charge in [-0.1, -0.05) is 5.10 Å². The Labute approximate surface area is 198 Å². The molecular weight excluding hydrogens is 460 g/mol. The van der Waals surface area contributed by atoms with Crippen LogP contribution in [0.2, 0.25) is 0 Å². The number of oxazole rings is 1. The Hall–Kier alpha value is -3.93. The van der Waals surface area contributed by atoms with Gasteiger partial charge in [0.1, 0.15) is 24.7 Å². The normalized spacial score (nSPS) is 18.0. The number of hydrogen-bond donors (Lipinski definition) is 2. The van der Waals surface area contributed by atoms with Crippen molar-refractivity contribution in [3.05, 3.63) is 60.6 Å². The Morgan fingerprint density at radius 2 is 2.11 bits per heavy atom. The second kappa shape index (κ2) is 9.74. The van der Waals surface area contributed by atoms with Gasteiger partial charge >= 0.3 is 5.82 Å². The molecule has 12 heteroatoms. The van der Waals surface area contributed by atoms with Gasteiger partial charge in [-0.3, -0.25) is 9.89 Å². The Morgan fingerprint density at radius 3 is 2.86 bits per heavy atom. The molecule has 1 saturated carbocycles. The molecule has 1 fully saturated rings. The number of halogens is 2. The van der Waals surface area contributed by atoms with Crippen LogP contribution in [-0.2, 0) is 4.74 Å². The third-order valence-electron chi connectivity index (χ3n) is 5.98. The van der Waals surface area contributed by atoms with E-state index in [1.54, 1.807) is 10.9 Å². The third-order valence-corrected chi connectivity index (χ3v) is 5.98. The van der Waals surface area contributed by atoms with Crippen molar-refractivity contribution in [2.75, 3.05) is 11.9 Å². The standard InChI is InChI=1S/C23H23F2N7O3/c1-2-34-17-6-4-16(5-7-17)32-23(31-12-15(24)3-8-20(31)25)18(11-28-32)29-21(33)19-13-35-22(30-19)14-9-26-27-10-14/h3,8-13,16-17H,2,4-7H2,1H3,(H-,26,27,29,30,33)/p+1. The van der Waals surface area contributed by atoms with Gasteiger partial charge in [0.2, 0.25) is 5.89 Å². The second-order valence-corrected chi connectivity index (χ2v) is 8.23. The van der Waals surface area contributed by atoms with Crippen LogP contribution in [0.4, 0.5) is 14.5 Å². The van der Waals surface area contributed by atoms with Crippen molar-refractivity contribution < 1.29 is 27.3 Å². The first kappa shape index (κ1) is 22.8. The number of nitrogens with one attached hydrogen (secondary N) is 2. The summed E-state index contributed by atoms with van der Waals surface area (Å²) in [6.45, 7) is 2.61. The number of carbonyl (C=O) groups is 1. The molecule has 0 saturated heterocycles. The lowest BCUT2D eigenvalue weighted by Crippen LogP contribution is -2.40. The number of hydrogen-bond acceptors (Lipinski definition) is 6. The molecule has 1 aliphatic rings. The predicted molar refractivity (Wildman–Crippen MR) is 119 cm³/mol. The van der Waals surface area contributed by atoms with Crippen LogP contribution in [0.25, 0.3) is 17.3 Å². The number of H-pyrrole nitrogens is 1. The molecule has 35 heavy (non-hydrogen) atoms. The zero-order valence-electron chi connectivity index (χ0n) is 18.9. The highest BCUT2D eigenvalue weighted by Crippen LogP contribution is 2.32. The minimum Gasteiger partial charge on any atom is -0.444 e. The van der Waals surface area contributed by atoms with Gasteiger partial charge < -0.3 is 14.5 Å². The van der Waals surface area contributed by atoms with E-state index in [1.165, 1.54) is 18.7 Å². The second-order valence-electron chi connectivity index (χ2n) is 8.23. The maximum absolute atomic E-state index is 14.8. The molecule has 0 atom stereocenters. The summed E-state index contributed by atoms with van der Waals surface area (Å²) in [7, 11) is 0. The van der Waals surface area contributed by atoms with Crippen LogP contribution in [0.15, 0.2) is 47.6 Å². The molecule has 1 amide bonds. The molecule has 0 aliphatic heterocycles. The smallest absolute Gasteiger partial charge is 0.335 e. The summed E-state index contributed by atoms with van der Waals surface area (Å²) in [5.74, 6) is -1.47. The largest absolute Gasteiger partial charge is 0.444 e. The van der Waals surface area contributed by atoms with Gasteiger partial charge in [-0.25, -0.2) is 9.37 Å². The number of amides is 1. The van der Waals surface area contributed by atoms with E-state index < -0.39 is 17.7 Å². The molecule has 2 N–H and O–H groups in total. The number of ether oxygens (including phenoxy) is 1. The van der Waals surface area contributed by atoms with Crippen LogP contribution >= 0.6 is 0 Å². The third kappa shape index (κ3) is 4.69. The molecule has 182 valence electrons. The van der Waals surface area contributed by atoms with E-state index in [2.05, 4.69) is 25.6 Å². The first-order valence-corrected chi connectivity index (χ1v) is 11.4. The van der Waals surface area contributed by atoms with Crippen molar-refractivity contribution in [3.8, 4) is 17.3 Å². The van der Waals surface area contributed by atoms with Crippen molar-refractivity contribution >= 4 is 11.6 Å². The molecule has 0 radical (unpaired) electrons. The Bertz CT molecular complexity index is 1310. The fourth-order valence-corrected chi connectivity index (χ4v) is 4.33. The fourth-order valence-electron chi connectivity index (χ4n) is 4.33. The van der Waals surface area contributed by atoms with Crippen LogP contribution in [-0.4, -0.2) is 43.6 Å². The van der Waals surface area contributed by atoms with E-state index in [1.807, 2.05) is 6.92 Å². The SMILES string of the molecule is CCOC1CCC(n2ncc(NC(=O)c3coc(-c4cn[nH]c4)n3)c2-[n+]2cc(F)ccc2F)CC1. The van der Waals surface area contributed by atoms with Crippen molar-refractivity contribution in [1.82, 2.24) is 25.0 Å². The number of rotatable bonds is 7. The van der Waals surface area contributed by atoms with Crippen molar-refractivity contribution in [2.45, 2.75) is 44.8 Å². The van der Waals surface area contributed by atoms with Crippen molar-refractivity contribution in [3.63, 3.8) is 0 Å². The molecule has 0 bridgehead atoms. The molecule has 0 spiro atoms. The Balaban J connectivity index is 1.46. The topological polar surface area (TPSA) is 115 Å². The zero-order valence-corrected chi connectivity index (χ0v) is 18.9. The first-order valence-electron chi connectivity index (χ1n) is 11.4. The maximum Gasteiger partial charge on any atom is 0.335 e. The molecule has 4 heterocycles. The van der Waals surface area contributed by atoms with E-state index >= 15 is 0 Å². The van der Waals surface area contributed by atoms with Crippen molar-refractivity contribution in [2.24, 2.45) is 0 Å². The average Bonchev–Trinajstić information content (AvgIpc) is 3.62. The van der Waals surface area contributed by atoms with Gasteiger partial charge in [-0.15, -0.1) is 4.68 Å². The summed E-state index contributed by atoms with van der Waals surface area (Å²) < 4.78 is 42.7. The Morgan fingerprint density at radius 1 is 1.29 bits per heavy atom. The lowest BCUT2D eigenvalue weighted by molar-refractivity contribution is -0.634. The summed E-state index contributed by atoms with van der Waals surface area (Å²) in [5.41, 5.74) is 0.809. The lowest BCUT2D eigenvalue weighted by atomic mass is 9.93. The summed E-state index contributed by atoms with van der Waals surface area (Å²) in [5, 5.41) is 13.6. The molecule has 4 aromatic heterocycles. The van der Waals surface area contributed by atoms with E-state index in [4.69, 9.17) is 9.15 Å². The number of anilines is 1. The predicted octanol–water partition coefficient (Wildman–Crippen LogP) is 3.59. The Kier molecular flexibility index (Phi) is 6.36. The summed E-state index contributed by atoms with van der Waals surface area (Å²) in [6.07, 6.45) is 10.1. The molecule has 0 unspecified atom stereocenters.